The van der Waals surface area contributed by atoms with E-state index in [-0.39, 0.29) is 11.9 Å². The van der Waals surface area contributed by atoms with Gasteiger partial charge in [0, 0.05) is 12.0 Å². The molecular formula is C15H13ClFNO. The van der Waals surface area contributed by atoms with Crippen molar-refractivity contribution < 1.29 is 9.13 Å². The van der Waals surface area contributed by atoms with Gasteiger partial charge >= 0.3 is 0 Å². The number of hydrogen-bond donors (Lipinski definition) is 1. The highest BCUT2D eigenvalue weighted by molar-refractivity contribution is 6.33. The number of benzene rings is 2. The molecule has 0 spiro atoms. The molecule has 4 heteroatoms. The zero-order valence-corrected chi connectivity index (χ0v) is 11.0. The minimum Gasteiger partial charge on any atom is -0.493 e. The van der Waals surface area contributed by atoms with Crippen LogP contribution in [0.3, 0.4) is 0 Å². The molecule has 0 saturated heterocycles. The first-order chi connectivity index (χ1) is 9.24. The molecule has 0 bridgehead atoms. The first-order valence-corrected chi connectivity index (χ1v) is 6.55. The third kappa shape index (κ3) is 2.51. The summed E-state index contributed by atoms with van der Waals surface area (Å²) in [5, 5.41) is 3.81. The molecule has 1 heterocycles. The smallest absolute Gasteiger partial charge is 0.125 e. The third-order valence-electron chi connectivity index (χ3n) is 3.22. The average molecular weight is 278 g/mol. The lowest BCUT2D eigenvalue weighted by atomic mass is 10.0. The van der Waals surface area contributed by atoms with Gasteiger partial charge in [0.1, 0.15) is 11.6 Å². The Kier molecular flexibility index (Phi) is 3.30. The van der Waals surface area contributed by atoms with E-state index in [1.165, 1.54) is 12.1 Å². The molecule has 1 unspecified atom stereocenters. The van der Waals surface area contributed by atoms with E-state index in [2.05, 4.69) is 5.32 Å². The topological polar surface area (TPSA) is 21.3 Å². The highest BCUT2D eigenvalue weighted by atomic mass is 35.5. The molecular weight excluding hydrogens is 265 g/mol. The van der Waals surface area contributed by atoms with Crippen molar-refractivity contribution in [2.75, 3.05) is 11.9 Å². The summed E-state index contributed by atoms with van der Waals surface area (Å²) in [6.45, 7) is 0.640. The van der Waals surface area contributed by atoms with Gasteiger partial charge < -0.3 is 10.1 Å². The summed E-state index contributed by atoms with van der Waals surface area (Å²) < 4.78 is 18.9. The number of para-hydroxylation sites is 1. The molecule has 0 radical (unpaired) electrons. The van der Waals surface area contributed by atoms with Crippen molar-refractivity contribution in [3.05, 3.63) is 58.9 Å². The summed E-state index contributed by atoms with van der Waals surface area (Å²) in [7, 11) is 0. The SMILES string of the molecule is Fc1ccc(Cl)c(NC2CCOc3ccccc32)c1. The van der Waals surface area contributed by atoms with Gasteiger partial charge in [0.2, 0.25) is 0 Å². The standard InChI is InChI=1S/C15H13ClFNO/c16-12-6-5-10(17)9-14(12)18-13-7-8-19-15-4-2-1-3-11(13)15/h1-6,9,13,18H,7-8H2. The molecule has 2 aromatic rings. The molecule has 98 valence electrons. The van der Waals surface area contributed by atoms with Crippen LogP contribution < -0.4 is 10.1 Å². The van der Waals surface area contributed by atoms with Crippen LogP contribution in [0.2, 0.25) is 5.02 Å². The van der Waals surface area contributed by atoms with E-state index in [1.54, 1.807) is 6.07 Å². The Hall–Kier alpha value is -1.74. The fourth-order valence-electron chi connectivity index (χ4n) is 2.29. The predicted octanol–water partition coefficient (Wildman–Crippen LogP) is 4.41. The monoisotopic (exact) mass is 277 g/mol. The lowest BCUT2D eigenvalue weighted by Crippen LogP contribution is -2.20. The van der Waals surface area contributed by atoms with Gasteiger partial charge in [0.15, 0.2) is 0 Å². The van der Waals surface area contributed by atoms with Crippen molar-refractivity contribution in [3.63, 3.8) is 0 Å². The molecule has 1 N–H and O–H groups in total. The number of fused-ring (bicyclic) bond motifs is 1. The fraction of sp³-hybridized carbons (Fsp3) is 0.200. The number of halogens is 2. The van der Waals surface area contributed by atoms with Gasteiger partial charge in [-0.1, -0.05) is 29.8 Å². The number of ether oxygens (including phenoxy) is 1. The Balaban J connectivity index is 1.90. The summed E-state index contributed by atoms with van der Waals surface area (Å²) >= 11 is 6.08. The van der Waals surface area contributed by atoms with Gasteiger partial charge in [-0.2, -0.15) is 0 Å². The van der Waals surface area contributed by atoms with E-state index in [0.717, 1.165) is 17.7 Å². The molecule has 2 nitrogen and oxygen atoms in total. The Morgan fingerprint density at radius 1 is 1.21 bits per heavy atom. The van der Waals surface area contributed by atoms with Gasteiger partial charge in [-0.25, -0.2) is 4.39 Å². The number of hydrogen-bond acceptors (Lipinski definition) is 2. The highest BCUT2D eigenvalue weighted by Gasteiger charge is 2.21. The first-order valence-electron chi connectivity index (χ1n) is 6.17. The summed E-state index contributed by atoms with van der Waals surface area (Å²) in [4.78, 5) is 0. The summed E-state index contributed by atoms with van der Waals surface area (Å²) in [6.07, 6.45) is 0.823. The third-order valence-corrected chi connectivity index (χ3v) is 3.55. The maximum absolute atomic E-state index is 13.3. The molecule has 3 rings (SSSR count). The second-order valence-corrected chi connectivity index (χ2v) is 4.90. The lowest BCUT2D eigenvalue weighted by Gasteiger charge is -2.27. The van der Waals surface area contributed by atoms with Crippen molar-refractivity contribution in [2.24, 2.45) is 0 Å². The van der Waals surface area contributed by atoms with E-state index < -0.39 is 0 Å². The van der Waals surface area contributed by atoms with Crippen molar-refractivity contribution in [1.29, 1.82) is 0 Å². The van der Waals surface area contributed by atoms with Crippen LogP contribution in [0, 0.1) is 5.82 Å². The van der Waals surface area contributed by atoms with Crippen LogP contribution in [0.25, 0.3) is 0 Å². The van der Waals surface area contributed by atoms with Crippen molar-refractivity contribution in [2.45, 2.75) is 12.5 Å². The second-order valence-electron chi connectivity index (χ2n) is 4.50. The molecule has 19 heavy (non-hydrogen) atoms. The number of rotatable bonds is 2. The van der Waals surface area contributed by atoms with Crippen LogP contribution in [0.4, 0.5) is 10.1 Å². The molecule has 1 aliphatic rings. The van der Waals surface area contributed by atoms with Crippen LogP contribution in [-0.4, -0.2) is 6.61 Å². The quantitative estimate of drug-likeness (QED) is 0.878. The molecule has 0 amide bonds. The Bertz CT molecular complexity index is 602. The number of anilines is 1. The van der Waals surface area contributed by atoms with Gasteiger partial charge in [0.25, 0.3) is 0 Å². The van der Waals surface area contributed by atoms with E-state index in [1.807, 2.05) is 24.3 Å². The minimum atomic E-state index is -0.299. The number of nitrogens with one attached hydrogen (secondary N) is 1. The van der Waals surface area contributed by atoms with Gasteiger partial charge in [-0.05, 0) is 24.3 Å². The molecule has 1 aliphatic heterocycles. The van der Waals surface area contributed by atoms with E-state index in [9.17, 15) is 4.39 Å². The molecule has 0 saturated carbocycles. The Labute approximate surface area is 116 Å². The van der Waals surface area contributed by atoms with Gasteiger partial charge in [0.05, 0.1) is 23.4 Å². The summed E-state index contributed by atoms with van der Waals surface area (Å²) in [6, 6.07) is 12.3. The van der Waals surface area contributed by atoms with Crippen LogP contribution in [0.15, 0.2) is 42.5 Å². The zero-order valence-electron chi connectivity index (χ0n) is 10.2. The predicted molar refractivity (Wildman–Crippen MR) is 74.3 cm³/mol. The second kappa shape index (κ2) is 5.10. The maximum Gasteiger partial charge on any atom is 0.125 e. The first kappa shape index (κ1) is 12.3. The minimum absolute atomic E-state index is 0.0873. The van der Waals surface area contributed by atoms with E-state index >= 15 is 0 Å². The highest BCUT2D eigenvalue weighted by Crippen LogP contribution is 2.35. The summed E-state index contributed by atoms with van der Waals surface area (Å²) in [5.74, 6) is 0.575. The fourth-order valence-corrected chi connectivity index (χ4v) is 2.46. The average Bonchev–Trinajstić information content (AvgIpc) is 2.43. The van der Waals surface area contributed by atoms with Gasteiger partial charge in [-0.3, -0.25) is 0 Å². The van der Waals surface area contributed by atoms with E-state index in [0.29, 0.717) is 17.3 Å². The zero-order chi connectivity index (χ0) is 13.2. The van der Waals surface area contributed by atoms with Crippen LogP contribution >= 0.6 is 11.6 Å². The maximum atomic E-state index is 13.3. The van der Waals surface area contributed by atoms with Crippen LogP contribution in [0.5, 0.6) is 5.75 Å². The van der Waals surface area contributed by atoms with Crippen molar-refractivity contribution in [1.82, 2.24) is 0 Å². The summed E-state index contributed by atoms with van der Waals surface area (Å²) in [5.41, 5.74) is 1.69. The normalized spacial score (nSPS) is 17.5. The molecule has 0 fully saturated rings. The Morgan fingerprint density at radius 3 is 2.95 bits per heavy atom. The van der Waals surface area contributed by atoms with E-state index in [4.69, 9.17) is 16.3 Å². The Morgan fingerprint density at radius 2 is 2.05 bits per heavy atom. The largest absolute Gasteiger partial charge is 0.493 e. The molecule has 2 aromatic carbocycles. The van der Waals surface area contributed by atoms with Crippen molar-refractivity contribution in [3.8, 4) is 5.75 Å². The van der Waals surface area contributed by atoms with Crippen LogP contribution in [-0.2, 0) is 0 Å². The molecule has 1 atom stereocenters. The van der Waals surface area contributed by atoms with Gasteiger partial charge in [-0.15, -0.1) is 0 Å². The molecule has 0 aromatic heterocycles. The lowest BCUT2D eigenvalue weighted by molar-refractivity contribution is 0.274. The van der Waals surface area contributed by atoms with Crippen molar-refractivity contribution >= 4 is 17.3 Å². The molecule has 0 aliphatic carbocycles. The van der Waals surface area contributed by atoms with Crippen LogP contribution in [0.1, 0.15) is 18.0 Å².